The van der Waals surface area contributed by atoms with Gasteiger partial charge < -0.3 is 15.0 Å². The number of nitrogens with zero attached hydrogens (tertiary/aromatic N) is 3. The first-order chi connectivity index (χ1) is 13.0. The van der Waals surface area contributed by atoms with Crippen LogP contribution in [0.2, 0.25) is 0 Å². The van der Waals surface area contributed by atoms with Crippen LogP contribution in [-0.2, 0) is 17.8 Å². The Labute approximate surface area is 157 Å². The lowest BCUT2D eigenvalue weighted by atomic mass is 10.2. The zero-order valence-electron chi connectivity index (χ0n) is 15.4. The molecule has 27 heavy (non-hydrogen) atoms. The van der Waals surface area contributed by atoms with Crippen LogP contribution in [0.25, 0.3) is 0 Å². The average molecular weight is 374 g/mol. The number of aliphatic imine (C=N–C) groups is 1. The molecule has 0 heterocycles. The Morgan fingerprint density at radius 1 is 1.26 bits per heavy atom. The van der Waals surface area contributed by atoms with Crippen molar-refractivity contribution >= 4 is 11.6 Å². The van der Waals surface area contributed by atoms with Gasteiger partial charge in [-0.25, -0.2) is 9.38 Å². The summed E-state index contributed by atoms with van der Waals surface area (Å²) >= 11 is 0. The molecule has 1 N–H and O–H groups in total. The fraction of sp³-hybridized carbons (Fsp3) is 0.316. The van der Waals surface area contributed by atoms with E-state index in [2.05, 4.69) is 10.3 Å². The summed E-state index contributed by atoms with van der Waals surface area (Å²) in [4.78, 5) is 16.8. The predicted molar refractivity (Wildman–Crippen MR) is 102 cm³/mol. The summed E-state index contributed by atoms with van der Waals surface area (Å²) in [5.74, 6) is 0.354. The first kappa shape index (κ1) is 20.3. The zero-order valence-corrected chi connectivity index (χ0v) is 15.4. The molecule has 0 amide bonds. The smallest absolute Gasteiger partial charge is 0.269 e. The molecule has 0 aliphatic carbocycles. The molecule has 0 aromatic heterocycles. The van der Waals surface area contributed by atoms with E-state index in [0.29, 0.717) is 32.2 Å². The zero-order chi connectivity index (χ0) is 19.6. The van der Waals surface area contributed by atoms with Crippen LogP contribution in [0.5, 0.6) is 0 Å². The number of hydrogen-bond donors (Lipinski definition) is 1. The van der Waals surface area contributed by atoms with Crippen LogP contribution < -0.4 is 5.32 Å². The third-order valence-corrected chi connectivity index (χ3v) is 3.82. The Kier molecular flexibility index (Phi) is 7.69. The van der Waals surface area contributed by atoms with E-state index in [9.17, 15) is 14.5 Å². The van der Waals surface area contributed by atoms with Crippen molar-refractivity contribution in [1.29, 1.82) is 0 Å². The molecule has 0 aliphatic heterocycles. The second-order valence-corrected chi connectivity index (χ2v) is 5.97. The number of benzene rings is 2. The van der Waals surface area contributed by atoms with Crippen LogP contribution in [0.1, 0.15) is 11.1 Å². The predicted octanol–water partition coefficient (Wildman–Crippen LogP) is 2.96. The van der Waals surface area contributed by atoms with Gasteiger partial charge in [0, 0.05) is 39.4 Å². The summed E-state index contributed by atoms with van der Waals surface area (Å²) in [7, 11) is 3.48. The minimum absolute atomic E-state index is 0.0457. The van der Waals surface area contributed by atoms with Crippen LogP contribution in [0.4, 0.5) is 10.1 Å². The highest BCUT2D eigenvalue weighted by Gasteiger charge is 2.09. The number of nitro benzene ring substituents is 1. The molecule has 7 nitrogen and oxygen atoms in total. The van der Waals surface area contributed by atoms with Crippen LogP contribution in [0.15, 0.2) is 53.5 Å². The first-order valence-electron chi connectivity index (χ1n) is 8.45. The fourth-order valence-corrected chi connectivity index (χ4v) is 2.45. The summed E-state index contributed by atoms with van der Waals surface area (Å²) in [5.41, 5.74) is 1.73. The van der Waals surface area contributed by atoms with Gasteiger partial charge in [0.1, 0.15) is 5.82 Å². The van der Waals surface area contributed by atoms with E-state index in [1.54, 1.807) is 25.3 Å². The van der Waals surface area contributed by atoms with Crippen LogP contribution >= 0.6 is 0 Å². The third kappa shape index (κ3) is 6.67. The van der Waals surface area contributed by atoms with Crippen molar-refractivity contribution in [3.05, 3.63) is 75.6 Å². The van der Waals surface area contributed by atoms with E-state index >= 15 is 0 Å². The van der Waals surface area contributed by atoms with E-state index in [1.807, 2.05) is 18.0 Å². The van der Waals surface area contributed by atoms with Crippen LogP contribution in [0.3, 0.4) is 0 Å². The molecular formula is C19H23FN4O3. The van der Waals surface area contributed by atoms with Crippen LogP contribution in [0, 0.1) is 15.9 Å². The molecule has 0 bridgehead atoms. The van der Waals surface area contributed by atoms with Crippen molar-refractivity contribution in [2.24, 2.45) is 4.99 Å². The molecule has 144 valence electrons. The maximum atomic E-state index is 13.4. The number of ether oxygens (including phenoxy) is 1. The minimum atomic E-state index is -0.433. The van der Waals surface area contributed by atoms with Crippen molar-refractivity contribution in [2.75, 3.05) is 27.3 Å². The van der Waals surface area contributed by atoms with Crippen molar-refractivity contribution in [3.8, 4) is 0 Å². The standard InChI is InChI=1S/C19H23FN4O3/c1-23(14-16-4-3-5-17(20)12-16)19(21-10-11-27-2)22-13-15-6-8-18(9-7-15)24(25)26/h3-9,12H,10-11,13-14H2,1-2H3,(H,21,22). The highest BCUT2D eigenvalue weighted by Crippen LogP contribution is 2.13. The molecule has 2 aromatic rings. The molecule has 0 saturated heterocycles. The summed E-state index contributed by atoms with van der Waals surface area (Å²) < 4.78 is 18.5. The van der Waals surface area contributed by atoms with E-state index in [-0.39, 0.29) is 11.5 Å². The second-order valence-electron chi connectivity index (χ2n) is 5.97. The van der Waals surface area contributed by atoms with Gasteiger partial charge in [-0.05, 0) is 23.3 Å². The molecule has 0 saturated carbocycles. The van der Waals surface area contributed by atoms with Gasteiger partial charge >= 0.3 is 0 Å². The first-order valence-corrected chi connectivity index (χ1v) is 8.45. The number of nitro groups is 1. The van der Waals surface area contributed by atoms with E-state index in [0.717, 1.165) is 11.1 Å². The van der Waals surface area contributed by atoms with Gasteiger partial charge in [0.25, 0.3) is 5.69 Å². The monoisotopic (exact) mass is 374 g/mol. The Balaban J connectivity index is 2.09. The maximum absolute atomic E-state index is 13.4. The normalized spacial score (nSPS) is 11.3. The summed E-state index contributed by atoms with van der Waals surface area (Å²) in [6.07, 6.45) is 0. The largest absolute Gasteiger partial charge is 0.383 e. The van der Waals surface area contributed by atoms with E-state index < -0.39 is 4.92 Å². The molecule has 2 aromatic carbocycles. The number of rotatable bonds is 8. The minimum Gasteiger partial charge on any atom is -0.383 e. The summed E-state index contributed by atoms with van der Waals surface area (Å²) in [6, 6.07) is 12.7. The van der Waals surface area contributed by atoms with Crippen molar-refractivity contribution in [2.45, 2.75) is 13.1 Å². The number of hydrogen-bond acceptors (Lipinski definition) is 4. The number of methoxy groups -OCH3 is 1. The Bertz CT molecular complexity index is 781. The average Bonchev–Trinajstić information content (AvgIpc) is 2.64. The number of non-ortho nitro benzene ring substituents is 1. The van der Waals surface area contributed by atoms with E-state index in [1.165, 1.54) is 24.3 Å². The molecular weight excluding hydrogens is 351 g/mol. The van der Waals surface area contributed by atoms with Gasteiger partial charge in [0.05, 0.1) is 18.1 Å². The summed E-state index contributed by atoms with van der Waals surface area (Å²) in [5, 5.41) is 13.9. The second kappa shape index (κ2) is 10.2. The quantitative estimate of drug-likeness (QED) is 0.253. The van der Waals surface area contributed by atoms with Gasteiger partial charge in [-0.15, -0.1) is 0 Å². The SMILES string of the molecule is COCCNC(=NCc1ccc([N+](=O)[O-])cc1)N(C)Cc1cccc(F)c1. The lowest BCUT2D eigenvalue weighted by molar-refractivity contribution is -0.384. The van der Waals surface area contributed by atoms with Gasteiger partial charge in [-0.2, -0.15) is 0 Å². The molecule has 2 rings (SSSR count). The third-order valence-electron chi connectivity index (χ3n) is 3.82. The van der Waals surface area contributed by atoms with Gasteiger partial charge in [0.15, 0.2) is 5.96 Å². The summed E-state index contributed by atoms with van der Waals surface area (Å²) in [6.45, 7) is 1.94. The topological polar surface area (TPSA) is 80.0 Å². The van der Waals surface area contributed by atoms with Crippen molar-refractivity contribution in [3.63, 3.8) is 0 Å². The van der Waals surface area contributed by atoms with Crippen LogP contribution in [-0.4, -0.2) is 43.1 Å². The van der Waals surface area contributed by atoms with Crippen molar-refractivity contribution in [1.82, 2.24) is 10.2 Å². The fourth-order valence-electron chi connectivity index (χ4n) is 2.45. The molecule has 0 unspecified atom stereocenters. The molecule has 0 radical (unpaired) electrons. The number of nitrogens with one attached hydrogen (secondary N) is 1. The molecule has 0 aliphatic rings. The van der Waals surface area contributed by atoms with E-state index in [4.69, 9.17) is 4.74 Å². The Morgan fingerprint density at radius 2 is 2.00 bits per heavy atom. The maximum Gasteiger partial charge on any atom is 0.269 e. The molecule has 0 atom stereocenters. The van der Waals surface area contributed by atoms with Crippen molar-refractivity contribution < 1.29 is 14.1 Å². The highest BCUT2D eigenvalue weighted by atomic mass is 19.1. The van der Waals surface area contributed by atoms with Gasteiger partial charge in [-0.1, -0.05) is 24.3 Å². The Morgan fingerprint density at radius 3 is 2.63 bits per heavy atom. The van der Waals surface area contributed by atoms with Gasteiger partial charge in [0.2, 0.25) is 0 Å². The number of guanidine groups is 1. The lowest BCUT2D eigenvalue weighted by Gasteiger charge is -2.22. The lowest BCUT2D eigenvalue weighted by Crippen LogP contribution is -2.40. The van der Waals surface area contributed by atoms with Gasteiger partial charge in [-0.3, -0.25) is 10.1 Å². The molecule has 0 fully saturated rings. The number of halogens is 1. The highest BCUT2D eigenvalue weighted by molar-refractivity contribution is 5.79. The Hall–Kier alpha value is -3.00. The molecule has 8 heteroatoms. The molecule has 0 spiro atoms.